The summed E-state index contributed by atoms with van der Waals surface area (Å²) in [5, 5.41) is 19.9. The summed E-state index contributed by atoms with van der Waals surface area (Å²) in [6.07, 6.45) is 2.51. The van der Waals surface area contributed by atoms with E-state index >= 15 is 0 Å². The van der Waals surface area contributed by atoms with Crippen LogP contribution in [0.1, 0.15) is 5.56 Å². The molecule has 0 spiro atoms. The smallest absolute Gasteiger partial charge is 0.327 e. The van der Waals surface area contributed by atoms with Crippen molar-refractivity contribution < 1.29 is 19.6 Å². The van der Waals surface area contributed by atoms with Gasteiger partial charge in [-0.15, -0.1) is 11.8 Å². The fourth-order valence-electron chi connectivity index (χ4n) is 1.92. The largest absolute Gasteiger partial charge is 0.480 e. The summed E-state index contributed by atoms with van der Waals surface area (Å²) >= 11 is 1.36. The van der Waals surface area contributed by atoms with Crippen molar-refractivity contribution >= 4 is 35.4 Å². The predicted molar refractivity (Wildman–Crippen MR) is 77.7 cm³/mol. The Bertz CT molecular complexity index is 616. The van der Waals surface area contributed by atoms with Gasteiger partial charge in [0.15, 0.2) is 0 Å². The van der Waals surface area contributed by atoms with Crippen LogP contribution in [0.5, 0.6) is 0 Å². The fourth-order valence-corrected chi connectivity index (χ4v) is 3.07. The molecular formula is C13H12N2O5S. The third-order valence-electron chi connectivity index (χ3n) is 2.99. The Kier molecular flexibility index (Phi) is 4.59. The lowest BCUT2D eigenvalue weighted by Crippen LogP contribution is -2.40. The number of carbonyl (C=O) groups is 2. The lowest BCUT2D eigenvalue weighted by molar-refractivity contribution is -0.385. The number of nitro groups is 1. The van der Waals surface area contributed by atoms with Gasteiger partial charge in [0, 0.05) is 17.9 Å². The second-order valence-corrected chi connectivity index (χ2v) is 5.31. The van der Waals surface area contributed by atoms with Crippen LogP contribution in [0, 0.1) is 10.1 Å². The fraction of sp³-hybridized carbons (Fsp3) is 0.231. The lowest BCUT2D eigenvalue weighted by Gasteiger charge is -2.18. The van der Waals surface area contributed by atoms with E-state index < -0.39 is 22.8 Å². The molecular weight excluding hydrogens is 296 g/mol. The number of thioether (sulfide) groups is 1. The molecule has 8 heteroatoms. The van der Waals surface area contributed by atoms with E-state index in [1.165, 1.54) is 47.0 Å². The molecule has 1 aliphatic heterocycles. The van der Waals surface area contributed by atoms with Crippen molar-refractivity contribution in [2.24, 2.45) is 0 Å². The molecule has 1 aromatic rings. The van der Waals surface area contributed by atoms with E-state index in [1.54, 1.807) is 6.07 Å². The van der Waals surface area contributed by atoms with Gasteiger partial charge in [0.05, 0.1) is 16.4 Å². The van der Waals surface area contributed by atoms with Gasteiger partial charge in [-0.3, -0.25) is 14.9 Å². The average molecular weight is 308 g/mol. The van der Waals surface area contributed by atoms with E-state index in [1.807, 2.05) is 0 Å². The second kappa shape index (κ2) is 6.40. The zero-order chi connectivity index (χ0) is 15.4. The highest BCUT2D eigenvalue weighted by molar-refractivity contribution is 7.99. The molecule has 1 amide bonds. The molecule has 110 valence electrons. The molecule has 1 atom stereocenters. The number of amides is 1. The minimum atomic E-state index is -1.05. The summed E-state index contributed by atoms with van der Waals surface area (Å²) < 4.78 is 0. The third kappa shape index (κ3) is 3.40. The average Bonchev–Trinajstić information content (AvgIpc) is 2.94. The molecule has 0 aliphatic carbocycles. The normalized spacial score (nSPS) is 18.1. The van der Waals surface area contributed by atoms with E-state index in [-0.39, 0.29) is 5.69 Å². The lowest BCUT2D eigenvalue weighted by atomic mass is 10.1. The maximum Gasteiger partial charge on any atom is 0.327 e. The van der Waals surface area contributed by atoms with Gasteiger partial charge in [-0.1, -0.05) is 12.1 Å². The minimum Gasteiger partial charge on any atom is -0.480 e. The van der Waals surface area contributed by atoms with Crippen molar-refractivity contribution in [1.82, 2.24) is 4.90 Å². The highest BCUT2D eigenvalue weighted by Crippen LogP contribution is 2.23. The first-order chi connectivity index (χ1) is 10.0. The molecule has 1 N–H and O–H groups in total. The van der Waals surface area contributed by atoms with Gasteiger partial charge < -0.3 is 10.0 Å². The van der Waals surface area contributed by atoms with Gasteiger partial charge in [0.2, 0.25) is 5.91 Å². The van der Waals surface area contributed by atoms with Gasteiger partial charge in [0.1, 0.15) is 6.04 Å². The number of hydrogen-bond donors (Lipinski definition) is 1. The Morgan fingerprint density at radius 1 is 1.43 bits per heavy atom. The summed E-state index contributed by atoms with van der Waals surface area (Å²) in [7, 11) is 0. The van der Waals surface area contributed by atoms with Gasteiger partial charge in [-0.25, -0.2) is 4.79 Å². The maximum absolute atomic E-state index is 12.0. The quantitative estimate of drug-likeness (QED) is 0.515. The molecule has 0 bridgehead atoms. The van der Waals surface area contributed by atoms with Crippen LogP contribution in [0.2, 0.25) is 0 Å². The van der Waals surface area contributed by atoms with Gasteiger partial charge in [-0.05, 0) is 12.1 Å². The van der Waals surface area contributed by atoms with Crippen LogP contribution >= 0.6 is 11.8 Å². The Balaban J connectivity index is 2.16. The molecule has 1 fully saturated rings. The Morgan fingerprint density at radius 3 is 2.81 bits per heavy atom. The first kappa shape index (κ1) is 15.0. The monoisotopic (exact) mass is 308 g/mol. The zero-order valence-corrected chi connectivity index (χ0v) is 11.7. The number of para-hydroxylation sites is 1. The Hall–Kier alpha value is -2.35. The highest BCUT2D eigenvalue weighted by atomic mass is 32.2. The van der Waals surface area contributed by atoms with Crippen molar-refractivity contribution in [3.05, 3.63) is 46.0 Å². The maximum atomic E-state index is 12.0. The molecule has 0 saturated carbocycles. The summed E-state index contributed by atoms with van der Waals surface area (Å²) in [6, 6.07) is 5.18. The summed E-state index contributed by atoms with van der Waals surface area (Å²) in [6.45, 7) is 0. The van der Waals surface area contributed by atoms with Crippen molar-refractivity contribution in [3.63, 3.8) is 0 Å². The number of hydrogen-bond acceptors (Lipinski definition) is 5. The predicted octanol–water partition coefficient (Wildman–Crippen LogP) is 1.59. The molecule has 1 unspecified atom stereocenters. The van der Waals surface area contributed by atoms with Crippen LogP contribution in [0.25, 0.3) is 6.08 Å². The molecule has 1 saturated heterocycles. The molecule has 0 aromatic heterocycles. The molecule has 0 radical (unpaired) electrons. The zero-order valence-electron chi connectivity index (χ0n) is 10.8. The van der Waals surface area contributed by atoms with Gasteiger partial charge in [0.25, 0.3) is 5.69 Å². The highest BCUT2D eigenvalue weighted by Gasteiger charge is 2.33. The van der Waals surface area contributed by atoms with Gasteiger partial charge >= 0.3 is 5.97 Å². The van der Waals surface area contributed by atoms with Crippen LogP contribution in [-0.4, -0.2) is 44.5 Å². The third-order valence-corrected chi connectivity index (χ3v) is 4.00. The number of rotatable bonds is 4. The number of nitrogens with zero attached hydrogens (tertiary/aromatic N) is 2. The summed E-state index contributed by atoms with van der Waals surface area (Å²) in [5.74, 6) is -0.866. The van der Waals surface area contributed by atoms with Crippen LogP contribution in [0.3, 0.4) is 0 Å². The Labute approximate surface area is 124 Å². The van der Waals surface area contributed by atoms with Crippen LogP contribution in [0.4, 0.5) is 5.69 Å². The minimum absolute atomic E-state index is 0.105. The van der Waals surface area contributed by atoms with E-state index in [4.69, 9.17) is 5.11 Å². The van der Waals surface area contributed by atoms with Crippen molar-refractivity contribution in [3.8, 4) is 0 Å². The molecule has 21 heavy (non-hydrogen) atoms. The van der Waals surface area contributed by atoms with Crippen LogP contribution in [-0.2, 0) is 9.59 Å². The first-order valence-electron chi connectivity index (χ1n) is 6.03. The number of carboxylic acid groups (broad SMARTS) is 1. The van der Waals surface area contributed by atoms with Crippen molar-refractivity contribution in [2.45, 2.75) is 6.04 Å². The SMILES string of the molecule is O=C(O)C1CSCN1C(=O)/C=C/c1ccccc1[N+](=O)[O-]. The topological polar surface area (TPSA) is 101 Å². The molecule has 2 rings (SSSR count). The number of benzene rings is 1. The van der Waals surface area contributed by atoms with Crippen LogP contribution < -0.4 is 0 Å². The number of nitro benzene ring substituents is 1. The first-order valence-corrected chi connectivity index (χ1v) is 7.19. The van der Waals surface area contributed by atoms with E-state index in [9.17, 15) is 19.7 Å². The van der Waals surface area contributed by atoms with E-state index in [0.717, 1.165) is 0 Å². The molecule has 7 nitrogen and oxygen atoms in total. The standard InChI is InChI=1S/C13H12N2O5S/c16-12(14-8-21-7-11(14)13(17)18)6-5-9-3-1-2-4-10(9)15(19)20/h1-6,11H,7-8H2,(H,17,18)/b6-5+. The van der Waals surface area contributed by atoms with Crippen molar-refractivity contribution in [1.29, 1.82) is 0 Å². The van der Waals surface area contributed by atoms with Crippen LogP contribution in [0.15, 0.2) is 30.3 Å². The van der Waals surface area contributed by atoms with E-state index in [0.29, 0.717) is 17.2 Å². The molecule has 1 heterocycles. The summed E-state index contributed by atoms with van der Waals surface area (Å²) in [5.41, 5.74) is 0.196. The number of carbonyl (C=O) groups excluding carboxylic acids is 1. The van der Waals surface area contributed by atoms with Crippen molar-refractivity contribution in [2.75, 3.05) is 11.6 Å². The van der Waals surface area contributed by atoms with Gasteiger partial charge in [-0.2, -0.15) is 0 Å². The van der Waals surface area contributed by atoms with E-state index in [2.05, 4.69) is 0 Å². The number of carboxylic acids is 1. The number of aliphatic carboxylic acids is 1. The molecule has 1 aromatic carbocycles. The second-order valence-electron chi connectivity index (χ2n) is 4.31. The summed E-state index contributed by atoms with van der Waals surface area (Å²) in [4.78, 5) is 34.6. The molecule has 1 aliphatic rings. The Morgan fingerprint density at radius 2 is 2.14 bits per heavy atom.